The number of nitrogens with two attached hydrogens (primary N) is 1. The molecule has 2 N–H and O–H groups in total. The zero-order valence-electron chi connectivity index (χ0n) is 11.2. The van der Waals surface area contributed by atoms with Crippen LogP contribution in [0, 0.1) is 6.92 Å². The maximum atomic E-state index is 6.25. The van der Waals surface area contributed by atoms with Gasteiger partial charge in [0.1, 0.15) is 11.5 Å². The molecule has 1 unspecified atom stereocenters. The summed E-state index contributed by atoms with van der Waals surface area (Å²) in [5, 5.41) is 0.612. The standard InChI is InChI=1S/C16H18ClNO/c1-11-6-3-4-9-15(11)19-16-13(10-12(2)18)7-5-8-14(16)17/h3-9,12H,10,18H2,1-2H3. The van der Waals surface area contributed by atoms with Crippen molar-refractivity contribution in [3.8, 4) is 11.5 Å². The Bertz CT molecular complexity index is 566. The summed E-state index contributed by atoms with van der Waals surface area (Å²) in [5.74, 6) is 1.53. The minimum atomic E-state index is 0.0673. The van der Waals surface area contributed by atoms with E-state index in [2.05, 4.69) is 0 Å². The van der Waals surface area contributed by atoms with Gasteiger partial charge in [-0.1, -0.05) is 41.9 Å². The predicted molar refractivity (Wildman–Crippen MR) is 80.1 cm³/mol. The Morgan fingerprint density at radius 1 is 1.16 bits per heavy atom. The molecule has 1 atom stereocenters. The summed E-state index contributed by atoms with van der Waals surface area (Å²) in [6.45, 7) is 3.98. The van der Waals surface area contributed by atoms with E-state index in [0.717, 1.165) is 23.3 Å². The molecule has 2 rings (SSSR count). The van der Waals surface area contributed by atoms with Crippen molar-refractivity contribution in [3.63, 3.8) is 0 Å². The molecule has 0 saturated heterocycles. The fraction of sp³-hybridized carbons (Fsp3) is 0.250. The zero-order chi connectivity index (χ0) is 13.8. The van der Waals surface area contributed by atoms with E-state index >= 15 is 0 Å². The summed E-state index contributed by atoms with van der Waals surface area (Å²) in [5.41, 5.74) is 7.98. The van der Waals surface area contributed by atoms with Gasteiger partial charge in [-0.3, -0.25) is 0 Å². The second-order valence-electron chi connectivity index (χ2n) is 4.78. The summed E-state index contributed by atoms with van der Waals surface area (Å²) in [4.78, 5) is 0. The SMILES string of the molecule is Cc1ccccc1Oc1c(Cl)cccc1CC(C)N. The van der Waals surface area contributed by atoms with Crippen LogP contribution in [-0.4, -0.2) is 6.04 Å². The lowest BCUT2D eigenvalue weighted by molar-refractivity contribution is 0.470. The van der Waals surface area contributed by atoms with Gasteiger partial charge in [0.25, 0.3) is 0 Å². The van der Waals surface area contributed by atoms with Gasteiger partial charge in [0, 0.05) is 6.04 Å². The second-order valence-corrected chi connectivity index (χ2v) is 5.18. The van der Waals surface area contributed by atoms with Crippen LogP contribution < -0.4 is 10.5 Å². The summed E-state index contributed by atoms with van der Waals surface area (Å²) >= 11 is 6.25. The van der Waals surface area contributed by atoms with Crippen LogP contribution in [0.4, 0.5) is 0 Å². The average molecular weight is 276 g/mol. The molecule has 3 heteroatoms. The van der Waals surface area contributed by atoms with E-state index in [1.807, 2.05) is 56.3 Å². The van der Waals surface area contributed by atoms with Crippen LogP contribution >= 0.6 is 11.6 Å². The topological polar surface area (TPSA) is 35.2 Å². The van der Waals surface area contributed by atoms with Crippen molar-refractivity contribution in [2.24, 2.45) is 5.73 Å². The molecule has 0 bridgehead atoms. The van der Waals surface area contributed by atoms with Gasteiger partial charge in [-0.15, -0.1) is 0 Å². The van der Waals surface area contributed by atoms with E-state index in [0.29, 0.717) is 10.8 Å². The molecule has 0 heterocycles. The highest BCUT2D eigenvalue weighted by Gasteiger charge is 2.12. The van der Waals surface area contributed by atoms with Gasteiger partial charge in [0.2, 0.25) is 0 Å². The van der Waals surface area contributed by atoms with Crippen LogP contribution in [0.15, 0.2) is 42.5 Å². The first kappa shape index (κ1) is 13.9. The molecule has 0 aliphatic carbocycles. The number of rotatable bonds is 4. The Morgan fingerprint density at radius 3 is 2.58 bits per heavy atom. The van der Waals surface area contributed by atoms with Crippen molar-refractivity contribution in [1.29, 1.82) is 0 Å². The van der Waals surface area contributed by atoms with E-state index in [4.69, 9.17) is 22.1 Å². The fourth-order valence-electron chi connectivity index (χ4n) is 1.96. The van der Waals surface area contributed by atoms with Crippen molar-refractivity contribution in [2.75, 3.05) is 0 Å². The van der Waals surface area contributed by atoms with Crippen LogP contribution in [0.5, 0.6) is 11.5 Å². The molecular weight excluding hydrogens is 258 g/mol. The molecule has 2 nitrogen and oxygen atoms in total. The van der Waals surface area contributed by atoms with Crippen molar-refractivity contribution < 1.29 is 4.74 Å². The Kier molecular flexibility index (Phi) is 4.46. The molecule has 0 saturated carbocycles. The third-order valence-electron chi connectivity index (χ3n) is 2.90. The normalized spacial score (nSPS) is 12.2. The first-order valence-electron chi connectivity index (χ1n) is 6.34. The third-order valence-corrected chi connectivity index (χ3v) is 3.19. The van der Waals surface area contributed by atoms with E-state index in [1.54, 1.807) is 0 Å². The van der Waals surface area contributed by atoms with Gasteiger partial charge in [-0.25, -0.2) is 0 Å². The minimum absolute atomic E-state index is 0.0673. The van der Waals surface area contributed by atoms with Crippen molar-refractivity contribution in [1.82, 2.24) is 0 Å². The highest BCUT2D eigenvalue weighted by Crippen LogP contribution is 2.34. The van der Waals surface area contributed by atoms with Gasteiger partial charge in [-0.05, 0) is 43.5 Å². The number of benzene rings is 2. The first-order valence-corrected chi connectivity index (χ1v) is 6.72. The lowest BCUT2D eigenvalue weighted by atomic mass is 10.1. The van der Waals surface area contributed by atoms with Gasteiger partial charge in [0.15, 0.2) is 0 Å². The Hall–Kier alpha value is -1.51. The Balaban J connectivity index is 2.36. The summed E-state index contributed by atoms with van der Waals surface area (Å²) in [7, 11) is 0. The second kappa shape index (κ2) is 6.09. The van der Waals surface area contributed by atoms with Gasteiger partial charge < -0.3 is 10.5 Å². The summed E-state index contributed by atoms with van der Waals surface area (Å²) < 4.78 is 5.98. The van der Waals surface area contributed by atoms with Crippen molar-refractivity contribution in [3.05, 3.63) is 58.6 Å². The summed E-state index contributed by atoms with van der Waals surface area (Å²) in [6, 6.07) is 13.7. The lowest BCUT2D eigenvalue weighted by Gasteiger charge is -2.15. The van der Waals surface area contributed by atoms with E-state index in [-0.39, 0.29) is 6.04 Å². The molecule has 100 valence electrons. The van der Waals surface area contributed by atoms with Crippen LogP contribution in [0.2, 0.25) is 5.02 Å². The number of halogens is 1. The molecule has 0 amide bonds. The molecule has 0 spiro atoms. The van der Waals surface area contributed by atoms with Crippen LogP contribution in [-0.2, 0) is 6.42 Å². The molecule has 0 aliphatic heterocycles. The Morgan fingerprint density at radius 2 is 1.89 bits per heavy atom. The largest absolute Gasteiger partial charge is 0.455 e. The van der Waals surface area contributed by atoms with Crippen LogP contribution in [0.3, 0.4) is 0 Å². The number of aryl methyl sites for hydroxylation is 1. The average Bonchev–Trinajstić information content (AvgIpc) is 2.35. The summed E-state index contributed by atoms with van der Waals surface area (Å²) in [6.07, 6.45) is 0.738. The van der Waals surface area contributed by atoms with Crippen LogP contribution in [0.1, 0.15) is 18.1 Å². The first-order chi connectivity index (χ1) is 9.08. The van der Waals surface area contributed by atoms with E-state index in [9.17, 15) is 0 Å². The minimum Gasteiger partial charge on any atom is -0.455 e. The van der Waals surface area contributed by atoms with E-state index in [1.165, 1.54) is 0 Å². The zero-order valence-corrected chi connectivity index (χ0v) is 11.9. The molecular formula is C16H18ClNO. The van der Waals surface area contributed by atoms with Gasteiger partial charge in [0.05, 0.1) is 5.02 Å². The smallest absolute Gasteiger partial charge is 0.149 e. The van der Waals surface area contributed by atoms with Gasteiger partial charge >= 0.3 is 0 Å². The molecule has 0 radical (unpaired) electrons. The molecule has 2 aromatic rings. The molecule has 0 aliphatic rings. The highest BCUT2D eigenvalue weighted by atomic mass is 35.5. The van der Waals surface area contributed by atoms with E-state index < -0.39 is 0 Å². The third kappa shape index (κ3) is 3.49. The quantitative estimate of drug-likeness (QED) is 0.901. The molecule has 0 fully saturated rings. The maximum absolute atomic E-state index is 6.25. The highest BCUT2D eigenvalue weighted by molar-refractivity contribution is 6.32. The molecule has 19 heavy (non-hydrogen) atoms. The number of para-hydroxylation sites is 2. The molecule has 0 aromatic heterocycles. The maximum Gasteiger partial charge on any atom is 0.149 e. The lowest BCUT2D eigenvalue weighted by Crippen LogP contribution is -2.18. The monoisotopic (exact) mass is 275 g/mol. The van der Waals surface area contributed by atoms with Crippen molar-refractivity contribution >= 4 is 11.6 Å². The number of ether oxygens (including phenoxy) is 1. The Labute approximate surface area is 119 Å². The number of hydrogen-bond donors (Lipinski definition) is 1. The van der Waals surface area contributed by atoms with Gasteiger partial charge in [-0.2, -0.15) is 0 Å². The molecule has 2 aromatic carbocycles. The predicted octanol–water partition coefficient (Wildman–Crippen LogP) is 4.33. The van der Waals surface area contributed by atoms with Crippen LogP contribution in [0.25, 0.3) is 0 Å². The van der Waals surface area contributed by atoms with Crippen molar-refractivity contribution in [2.45, 2.75) is 26.3 Å². The number of hydrogen-bond acceptors (Lipinski definition) is 2. The fourth-order valence-corrected chi connectivity index (χ4v) is 2.19.